The number of amides is 1. The maximum Gasteiger partial charge on any atom is 0.255 e. The monoisotopic (exact) mass is 463 g/mol. The molecule has 0 aliphatic carbocycles. The average molecular weight is 464 g/mol. The van der Waals surface area contributed by atoms with Gasteiger partial charge in [0.15, 0.2) is 0 Å². The molecule has 1 aliphatic heterocycles. The van der Waals surface area contributed by atoms with Crippen LogP contribution in [0.1, 0.15) is 45.0 Å². The average Bonchev–Trinajstić information content (AvgIpc) is 2.66. The van der Waals surface area contributed by atoms with Gasteiger partial charge in [0.25, 0.3) is 5.91 Å². The predicted octanol–water partition coefficient (Wildman–Crippen LogP) is 4.23. The minimum atomic E-state index is -3.56. The minimum absolute atomic E-state index is 0.00776. The number of carbonyl (C=O) groups excluding carboxylic acids is 1. The first kappa shape index (κ1) is 24.0. The predicted molar refractivity (Wildman–Crippen MR) is 125 cm³/mol. The number of hydrogen-bond acceptors (Lipinski definition) is 5. The van der Waals surface area contributed by atoms with E-state index in [0.717, 1.165) is 0 Å². The molecule has 0 bridgehead atoms. The lowest BCUT2D eigenvalue weighted by molar-refractivity contribution is -0.00539. The second kappa shape index (κ2) is 9.07. The molecule has 2 aromatic rings. The van der Waals surface area contributed by atoms with Gasteiger partial charge in [0.2, 0.25) is 10.0 Å². The second-order valence-corrected chi connectivity index (χ2v) is 11.5. The highest BCUT2D eigenvalue weighted by molar-refractivity contribution is 7.94. The van der Waals surface area contributed by atoms with E-state index in [2.05, 4.69) is 10.0 Å². The van der Waals surface area contributed by atoms with E-state index in [4.69, 9.17) is 4.74 Å². The lowest BCUT2D eigenvalue weighted by atomic mass is 10.1. The molecule has 3 rings (SSSR count). The Morgan fingerprint density at radius 2 is 1.59 bits per heavy atom. The molecule has 0 saturated carbocycles. The molecule has 0 aromatic heterocycles. The van der Waals surface area contributed by atoms with Gasteiger partial charge in [-0.1, -0.05) is 0 Å². The highest BCUT2D eigenvalue weighted by Gasteiger charge is 2.29. The smallest absolute Gasteiger partial charge is 0.255 e. The first-order valence-electron chi connectivity index (χ1n) is 10.5. The number of anilines is 3. The van der Waals surface area contributed by atoms with E-state index in [1.165, 1.54) is 30.3 Å². The van der Waals surface area contributed by atoms with E-state index >= 15 is 0 Å². The SMILES string of the molecule is C[C@@H]1CN(c2ccc(NC(=O)c3ccc(NS(=O)(=O)C(C)(C)C)cc3)cc2F)C[C@H](C)O1. The Kier molecular flexibility index (Phi) is 6.80. The van der Waals surface area contributed by atoms with Crippen LogP contribution >= 0.6 is 0 Å². The number of benzene rings is 2. The van der Waals surface area contributed by atoms with Gasteiger partial charge in [0.1, 0.15) is 5.82 Å². The lowest BCUT2D eigenvalue weighted by Crippen LogP contribution is -2.45. The molecule has 0 unspecified atom stereocenters. The molecule has 1 aliphatic rings. The third-order valence-corrected chi connectivity index (χ3v) is 7.29. The van der Waals surface area contributed by atoms with Crippen LogP contribution in [0.2, 0.25) is 0 Å². The van der Waals surface area contributed by atoms with Crippen molar-refractivity contribution in [3.05, 3.63) is 53.8 Å². The van der Waals surface area contributed by atoms with Gasteiger partial charge in [-0.3, -0.25) is 9.52 Å². The van der Waals surface area contributed by atoms with E-state index in [9.17, 15) is 17.6 Å². The van der Waals surface area contributed by atoms with E-state index in [1.54, 1.807) is 32.9 Å². The van der Waals surface area contributed by atoms with Crippen molar-refractivity contribution in [2.45, 2.75) is 51.6 Å². The highest BCUT2D eigenvalue weighted by atomic mass is 32.2. The number of halogens is 1. The molecular weight excluding hydrogens is 433 g/mol. The largest absolute Gasteiger partial charge is 0.372 e. The van der Waals surface area contributed by atoms with Crippen molar-refractivity contribution in [1.82, 2.24) is 0 Å². The normalized spacial score (nSPS) is 19.5. The zero-order valence-electron chi connectivity index (χ0n) is 19.0. The van der Waals surface area contributed by atoms with Crippen LogP contribution < -0.4 is 14.9 Å². The van der Waals surface area contributed by atoms with Gasteiger partial charge in [-0.15, -0.1) is 0 Å². The molecule has 9 heteroatoms. The van der Waals surface area contributed by atoms with E-state index in [0.29, 0.717) is 35.7 Å². The fourth-order valence-corrected chi connectivity index (χ4v) is 4.17. The zero-order chi connectivity index (χ0) is 23.7. The maximum atomic E-state index is 14.7. The molecule has 32 heavy (non-hydrogen) atoms. The number of nitrogens with zero attached hydrogens (tertiary/aromatic N) is 1. The Bertz CT molecular complexity index is 1070. The Balaban J connectivity index is 1.67. The maximum absolute atomic E-state index is 14.7. The first-order valence-corrected chi connectivity index (χ1v) is 12.0. The number of rotatable bonds is 5. The number of hydrogen-bond donors (Lipinski definition) is 2. The highest BCUT2D eigenvalue weighted by Crippen LogP contribution is 2.26. The van der Waals surface area contributed by atoms with Gasteiger partial charge in [-0.25, -0.2) is 12.8 Å². The summed E-state index contributed by atoms with van der Waals surface area (Å²) in [6.45, 7) is 9.89. The molecular formula is C23H30FN3O4S. The van der Waals surface area contributed by atoms with Crippen molar-refractivity contribution in [1.29, 1.82) is 0 Å². The van der Waals surface area contributed by atoms with E-state index < -0.39 is 26.5 Å². The third kappa shape index (κ3) is 5.58. The van der Waals surface area contributed by atoms with Crippen molar-refractivity contribution < 1.29 is 22.3 Å². The Labute approximate surface area is 189 Å². The number of carbonyl (C=O) groups is 1. The topological polar surface area (TPSA) is 87.7 Å². The summed E-state index contributed by atoms with van der Waals surface area (Å²) in [6, 6.07) is 10.7. The summed E-state index contributed by atoms with van der Waals surface area (Å²) in [5.41, 5.74) is 1.49. The second-order valence-electron chi connectivity index (χ2n) is 9.08. The molecule has 0 spiro atoms. The Morgan fingerprint density at radius 3 is 2.12 bits per heavy atom. The Hall–Kier alpha value is -2.65. The summed E-state index contributed by atoms with van der Waals surface area (Å²) in [5.74, 6) is -0.841. The van der Waals surface area contributed by atoms with E-state index in [1.807, 2.05) is 18.7 Å². The van der Waals surface area contributed by atoms with Crippen LogP contribution in [0.5, 0.6) is 0 Å². The van der Waals surface area contributed by atoms with Crippen molar-refractivity contribution in [2.75, 3.05) is 28.0 Å². The number of sulfonamides is 1. The molecule has 0 radical (unpaired) electrons. The summed E-state index contributed by atoms with van der Waals surface area (Å²) in [5, 5.41) is 2.68. The van der Waals surface area contributed by atoms with Gasteiger partial charge < -0.3 is 15.0 Å². The molecule has 174 valence electrons. The summed E-state index contributed by atoms with van der Waals surface area (Å²) in [7, 11) is -3.56. The molecule has 1 fully saturated rings. The molecule has 1 saturated heterocycles. The van der Waals surface area contributed by atoms with Gasteiger partial charge in [0.05, 0.1) is 22.6 Å². The van der Waals surface area contributed by atoms with E-state index in [-0.39, 0.29) is 12.2 Å². The minimum Gasteiger partial charge on any atom is -0.372 e. The van der Waals surface area contributed by atoms with Gasteiger partial charge >= 0.3 is 0 Å². The van der Waals surface area contributed by atoms with Crippen molar-refractivity contribution in [3.8, 4) is 0 Å². The molecule has 2 N–H and O–H groups in total. The van der Waals surface area contributed by atoms with Gasteiger partial charge in [0, 0.05) is 30.0 Å². The standard InChI is InChI=1S/C23H30FN3O4S/c1-15-13-27(14-16(2)31-15)21-11-10-19(12-20(21)24)25-22(28)17-6-8-18(9-7-17)26-32(29,30)23(3,4)5/h6-12,15-16,26H,13-14H2,1-5H3,(H,25,28)/t15-,16+. The summed E-state index contributed by atoms with van der Waals surface area (Å²) in [4.78, 5) is 14.5. The van der Waals surface area contributed by atoms with Crippen LogP contribution in [0.3, 0.4) is 0 Å². The number of ether oxygens (including phenoxy) is 1. The van der Waals surface area contributed by atoms with Gasteiger partial charge in [-0.05, 0) is 77.1 Å². The van der Waals surface area contributed by atoms with Crippen molar-refractivity contribution in [3.63, 3.8) is 0 Å². The first-order chi connectivity index (χ1) is 14.9. The molecule has 2 atom stereocenters. The number of nitrogens with one attached hydrogen (secondary N) is 2. The fourth-order valence-electron chi connectivity index (χ4n) is 3.42. The number of morpholine rings is 1. The molecule has 2 aromatic carbocycles. The van der Waals surface area contributed by atoms with Gasteiger partial charge in [-0.2, -0.15) is 0 Å². The zero-order valence-corrected chi connectivity index (χ0v) is 19.8. The van der Waals surface area contributed by atoms with Crippen molar-refractivity contribution >= 4 is 33.0 Å². The van der Waals surface area contributed by atoms with Crippen LogP contribution in [0.15, 0.2) is 42.5 Å². The summed E-state index contributed by atoms with van der Waals surface area (Å²) < 4.78 is 46.5. The van der Waals surface area contributed by atoms with Crippen LogP contribution in [-0.2, 0) is 14.8 Å². The molecule has 1 heterocycles. The van der Waals surface area contributed by atoms with Crippen LogP contribution in [0.4, 0.5) is 21.5 Å². The third-order valence-electron chi connectivity index (χ3n) is 5.17. The summed E-state index contributed by atoms with van der Waals surface area (Å²) >= 11 is 0. The molecule has 1 amide bonds. The van der Waals surface area contributed by atoms with Crippen LogP contribution in [-0.4, -0.2) is 44.4 Å². The Morgan fingerprint density at radius 1 is 1.03 bits per heavy atom. The fraction of sp³-hybridized carbons (Fsp3) is 0.435. The van der Waals surface area contributed by atoms with Crippen molar-refractivity contribution in [2.24, 2.45) is 0 Å². The quantitative estimate of drug-likeness (QED) is 0.693. The van der Waals surface area contributed by atoms with Crippen LogP contribution in [0.25, 0.3) is 0 Å². The van der Waals surface area contributed by atoms with Crippen LogP contribution in [0, 0.1) is 5.82 Å². The summed E-state index contributed by atoms with van der Waals surface area (Å²) in [6.07, 6.45) is 0.0155. The molecule has 7 nitrogen and oxygen atoms in total. The lowest BCUT2D eigenvalue weighted by Gasteiger charge is -2.37.